The molecule has 1 aromatic rings. The first kappa shape index (κ1) is 13.7. The molecule has 1 fully saturated rings. The highest BCUT2D eigenvalue weighted by Gasteiger charge is 2.48. The maximum Gasteiger partial charge on any atom is 0.335 e. The second kappa shape index (κ2) is 4.65. The molecule has 1 saturated heterocycles. The second-order valence-corrected chi connectivity index (χ2v) is 5.69. The van der Waals surface area contributed by atoms with Gasteiger partial charge in [-0.25, -0.2) is 9.59 Å². The minimum atomic E-state index is -0.985. The number of hydrogen-bond donors (Lipinski definition) is 2. The molecule has 2 amide bonds. The number of urea groups is 1. The molecule has 0 spiro atoms. The standard InChI is InChI=1S/C15H18N2O4/c1-3-6-17-14(20)16-11-8-15(17,2)21-12-5-4-9(13(18)19)7-10(11)12/h4-5,7,11H,3,6,8H2,1-2H3,(H,16,20)(H,18,19)/t11-,15-/m0/s1. The molecule has 2 aliphatic heterocycles. The van der Waals surface area contributed by atoms with Crippen LogP contribution < -0.4 is 10.1 Å². The molecule has 2 atom stereocenters. The number of rotatable bonds is 3. The number of hydrogen-bond acceptors (Lipinski definition) is 3. The number of amides is 2. The maximum atomic E-state index is 12.3. The molecular weight excluding hydrogens is 272 g/mol. The molecule has 0 unspecified atom stereocenters. The van der Waals surface area contributed by atoms with Crippen LogP contribution in [0.5, 0.6) is 5.75 Å². The number of carboxylic acid groups (broad SMARTS) is 1. The van der Waals surface area contributed by atoms with Crippen molar-refractivity contribution < 1.29 is 19.4 Å². The summed E-state index contributed by atoms with van der Waals surface area (Å²) in [6.07, 6.45) is 1.46. The highest BCUT2D eigenvalue weighted by atomic mass is 16.5. The molecule has 0 aliphatic carbocycles. The summed E-state index contributed by atoms with van der Waals surface area (Å²) >= 11 is 0. The summed E-state index contributed by atoms with van der Waals surface area (Å²) in [5, 5.41) is 12.0. The van der Waals surface area contributed by atoms with Gasteiger partial charge in [0.2, 0.25) is 0 Å². The van der Waals surface area contributed by atoms with Gasteiger partial charge in [-0.1, -0.05) is 6.92 Å². The number of carbonyl (C=O) groups is 2. The number of fused-ring (bicyclic) bond motifs is 4. The number of aromatic carboxylic acids is 1. The number of nitrogens with zero attached hydrogens (tertiary/aromatic N) is 1. The Hall–Kier alpha value is -2.24. The van der Waals surface area contributed by atoms with E-state index in [1.54, 1.807) is 17.0 Å². The molecule has 21 heavy (non-hydrogen) atoms. The smallest absolute Gasteiger partial charge is 0.335 e. The second-order valence-electron chi connectivity index (χ2n) is 5.69. The Bertz CT molecular complexity index is 616. The van der Waals surface area contributed by atoms with Crippen molar-refractivity contribution in [3.63, 3.8) is 0 Å². The van der Waals surface area contributed by atoms with E-state index >= 15 is 0 Å². The van der Waals surface area contributed by atoms with E-state index in [9.17, 15) is 9.59 Å². The van der Waals surface area contributed by atoms with Gasteiger partial charge in [0.25, 0.3) is 0 Å². The molecule has 3 rings (SSSR count). The topological polar surface area (TPSA) is 78.9 Å². The third-order valence-electron chi connectivity index (χ3n) is 4.11. The summed E-state index contributed by atoms with van der Waals surface area (Å²) < 4.78 is 6.03. The SMILES string of the molecule is CCCN1C(=O)N[C@H]2C[C@]1(C)Oc1ccc(C(=O)O)cc12. The Balaban J connectivity index is 2.02. The van der Waals surface area contributed by atoms with Gasteiger partial charge in [0, 0.05) is 18.5 Å². The third-order valence-corrected chi connectivity index (χ3v) is 4.11. The summed E-state index contributed by atoms with van der Waals surface area (Å²) in [5.41, 5.74) is 0.254. The highest BCUT2D eigenvalue weighted by Crippen LogP contribution is 2.44. The third kappa shape index (κ3) is 2.11. The van der Waals surface area contributed by atoms with E-state index in [4.69, 9.17) is 9.84 Å². The minimum absolute atomic E-state index is 0.165. The van der Waals surface area contributed by atoms with E-state index in [2.05, 4.69) is 5.32 Å². The fourth-order valence-corrected chi connectivity index (χ4v) is 3.11. The van der Waals surface area contributed by atoms with Crippen LogP contribution in [0.15, 0.2) is 18.2 Å². The first-order chi connectivity index (χ1) is 9.94. The van der Waals surface area contributed by atoms with E-state index < -0.39 is 11.7 Å². The van der Waals surface area contributed by atoms with E-state index in [1.165, 1.54) is 6.07 Å². The van der Waals surface area contributed by atoms with Gasteiger partial charge in [-0.2, -0.15) is 0 Å². The first-order valence-electron chi connectivity index (χ1n) is 7.09. The average Bonchev–Trinajstić information content (AvgIpc) is 2.42. The maximum absolute atomic E-state index is 12.3. The van der Waals surface area contributed by atoms with Crippen LogP contribution in [0.1, 0.15) is 48.7 Å². The number of ether oxygens (including phenoxy) is 1. The van der Waals surface area contributed by atoms with E-state index in [1.807, 2.05) is 13.8 Å². The monoisotopic (exact) mass is 290 g/mol. The molecule has 6 heteroatoms. The number of carbonyl (C=O) groups excluding carboxylic acids is 1. The van der Waals surface area contributed by atoms with Gasteiger partial charge in [-0.05, 0) is 31.5 Å². The van der Waals surface area contributed by atoms with Gasteiger partial charge in [-0.15, -0.1) is 0 Å². The zero-order valence-electron chi connectivity index (χ0n) is 12.0. The lowest BCUT2D eigenvalue weighted by Crippen LogP contribution is -2.64. The van der Waals surface area contributed by atoms with Gasteiger partial charge in [0.1, 0.15) is 5.75 Å². The Kier molecular flexibility index (Phi) is 3.04. The van der Waals surface area contributed by atoms with E-state index in [-0.39, 0.29) is 17.6 Å². The average molecular weight is 290 g/mol. The zero-order chi connectivity index (χ0) is 15.2. The Morgan fingerprint density at radius 3 is 3.00 bits per heavy atom. The lowest BCUT2D eigenvalue weighted by atomic mass is 9.89. The Morgan fingerprint density at radius 1 is 1.57 bits per heavy atom. The molecule has 6 nitrogen and oxygen atoms in total. The predicted octanol–water partition coefficient (Wildman–Crippen LogP) is 2.36. The lowest BCUT2D eigenvalue weighted by Gasteiger charge is -2.50. The van der Waals surface area contributed by atoms with Crippen LogP contribution in [-0.2, 0) is 0 Å². The van der Waals surface area contributed by atoms with Gasteiger partial charge in [0.15, 0.2) is 5.72 Å². The summed E-state index contributed by atoms with van der Waals surface area (Å²) in [5.74, 6) is -0.347. The number of benzene rings is 1. The van der Waals surface area contributed by atoms with Crippen molar-refractivity contribution in [3.8, 4) is 5.75 Å². The highest BCUT2D eigenvalue weighted by molar-refractivity contribution is 5.88. The number of carboxylic acids is 1. The van der Waals surface area contributed by atoms with Crippen LogP contribution >= 0.6 is 0 Å². The van der Waals surface area contributed by atoms with Crippen molar-refractivity contribution in [2.75, 3.05) is 6.54 Å². The van der Waals surface area contributed by atoms with Crippen LogP contribution in [0, 0.1) is 0 Å². The van der Waals surface area contributed by atoms with Crippen molar-refractivity contribution in [2.45, 2.75) is 38.5 Å². The van der Waals surface area contributed by atoms with Crippen molar-refractivity contribution in [1.29, 1.82) is 0 Å². The fourth-order valence-electron chi connectivity index (χ4n) is 3.11. The predicted molar refractivity (Wildman–Crippen MR) is 75.3 cm³/mol. The van der Waals surface area contributed by atoms with Crippen LogP contribution in [0.25, 0.3) is 0 Å². The molecule has 0 saturated carbocycles. The lowest BCUT2D eigenvalue weighted by molar-refractivity contribution is -0.0836. The van der Waals surface area contributed by atoms with Gasteiger partial charge in [-0.3, -0.25) is 4.90 Å². The molecule has 2 N–H and O–H groups in total. The minimum Gasteiger partial charge on any atom is -0.478 e. The largest absolute Gasteiger partial charge is 0.478 e. The molecule has 2 aliphatic rings. The number of nitrogens with one attached hydrogen (secondary N) is 1. The van der Waals surface area contributed by atoms with Gasteiger partial charge in [0.05, 0.1) is 11.6 Å². The van der Waals surface area contributed by atoms with Crippen LogP contribution in [0.2, 0.25) is 0 Å². The molecular formula is C15H18N2O4. The Labute approximate surface area is 122 Å². The molecule has 112 valence electrons. The molecule has 1 aromatic carbocycles. The summed E-state index contributed by atoms with van der Waals surface area (Å²) in [6.45, 7) is 4.54. The summed E-state index contributed by atoms with van der Waals surface area (Å²) in [6, 6.07) is 4.40. The van der Waals surface area contributed by atoms with Crippen molar-refractivity contribution in [3.05, 3.63) is 29.3 Å². The van der Waals surface area contributed by atoms with Crippen molar-refractivity contribution in [1.82, 2.24) is 10.2 Å². The normalized spacial score (nSPS) is 26.7. The fraction of sp³-hybridized carbons (Fsp3) is 0.467. The van der Waals surface area contributed by atoms with E-state index in [0.29, 0.717) is 18.7 Å². The van der Waals surface area contributed by atoms with Gasteiger partial charge >= 0.3 is 12.0 Å². The van der Waals surface area contributed by atoms with Crippen LogP contribution in [0.4, 0.5) is 4.79 Å². The molecule has 2 heterocycles. The summed E-state index contributed by atoms with van der Waals surface area (Å²) in [7, 11) is 0. The van der Waals surface area contributed by atoms with Crippen molar-refractivity contribution in [2.24, 2.45) is 0 Å². The van der Waals surface area contributed by atoms with Crippen LogP contribution in [0.3, 0.4) is 0 Å². The van der Waals surface area contributed by atoms with Gasteiger partial charge < -0.3 is 15.2 Å². The van der Waals surface area contributed by atoms with Crippen LogP contribution in [-0.4, -0.2) is 34.3 Å². The van der Waals surface area contributed by atoms with E-state index in [0.717, 1.165) is 12.0 Å². The first-order valence-corrected chi connectivity index (χ1v) is 7.09. The quantitative estimate of drug-likeness (QED) is 0.895. The molecule has 0 aromatic heterocycles. The summed E-state index contributed by atoms with van der Waals surface area (Å²) in [4.78, 5) is 25.0. The zero-order valence-corrected chi connectivity index (χ0v) is 12.0. The Morgan fingerprint density at radius 2 is 2.33 bits per heavy atom. The van der Waals surface area contributed by atoms with Crippen molar-refractivity contribution >= 4 is 12.0 Å². The molecule has 2 bridgehead atoms. The molecule has 0 radical (unpaired) electrons.